The number of ketones is 1. The van der Waals surface area contributed by atoms with Crippen LogP contribution >= 0.6 is 27.3 Å². The van der Waals surface area contributed by atoms with Crippen LogP contribution in [0.1, 0.15) is 38.1 Å². The van der Waals surface area contributed by atoms with Crippen molar-refractivity contribution >= 4 is 55.8 Å². The largest absolute Gasteiger partial charge is 0.507 e. The molecule has 34 heavy (non-hydrogen) atoms. The fourth-order valence-corrected chi connectivity index (χ4v) is 4.93. The van der Waals surface area contributed by atoms with Crippen molar-refractivity contribution in [2.75, 3.05) is 12.0 Å². The predicted octanol–water partition coefficient (Wildman–Crippen LogP) is 5.07. The lowest BCUT2D eigenvalue weighted by atomic mass is 9.95. The molecular formula is C24H18BrFN2O5S. The number of hydrogen-bond donors (Lipinski definition) is 1. The number of amides is 1. The molecule has 1 saturated heterocycles. The van der Waals surface area contributed by atoms with E-state index in [-0.39, 0.29) is 21.1 Å². The van der Waals surface area contributed by atoms with Crippen LogP contribution in [-0.4, -0.2) is 34.9 Å². The highest BCUT2D eigenvalue weighted by molar-refractivity contribution is 9.10. The highest BCUT2D eigenvalue weighted by Gasteiger charge is 2.48. The number of aryl methyl sites for hydroxylation is 2. The number of hydrogen-bond acceptors (Lipinski definition) is 7. The molecule has 10 heteroatoms. The minimum absolute atomic E-state index is 0.0637. The Morgan fingerprint density at radius 1 is 1.18 bits per heavy atom. The van der Waals surface area contributed by atoms with E-state index in [1.165, 1.54) is 19.2 Å². The number of halogens is 2. The Morgan fingerprint density at radius 3 is 2.47 bits per heavy atom. The van der Waals surface area contributed by atoms with Crippen molar-refractivity contribution in [2.45, 2.75) is 19.9 Å². The lowest BCUT2D eigenvalue weighted by molar-refractivity contribution is -0.132. The van der Waals surface area contributed by atoms with Crippen molar-refractivity contribution in [3.63, 3.8) is 0 Å². The number of esters is 1. The minimum atomic E-state index is -1.05. The highest BCUT2D eigenvalue weighted by atomic mass is 79.9. The predicted molar refractivity (Wildman–Crippen MR) is 128 cm³/mol. The molecular weight excluding hydrogens is 527 g/mol. The molecule has 1 unspecified atom stereocenters. The van der Waals surface area contributed by atoms with Crippen molar-refractivity contribution in [3.05, 3.63) is 85.6 Å². The molecule has 0 saturated carbocycles. The van der Waals surface area contributed by atoms with E-state index in [1.54, 1.807) is 38.1 Å². The second kappa shape index (κ2) is 9.11. The van der Waals surface area contributed by atoms with E-state index < -0.39 is 35.3 Å². The van der Waals surface area contributed by atoms with Gasteiger partial charge >= 0.3 is 11.9 Å². The maximum Gasteiger partial charge on any atom is 0.350 e. The lowest BCUT2D eigenvalue weighted by Crippen LogP contribution is -2.29. The van der Waals surface area contributed by atoms with Gasteiger partial charge in [-0.3, -0.25) is 14.5 Å². The minimum Gasteiger partial charge on any atom is -0.507 e. The molecule has 1 amide bonds. The van der Waals surface area contributed by atoms with Crippen molar-refractivity contribution in [1.29, 1.82) is 0 Å². The molecule has 1 aliphatic rings. The van der Waals surface area contributed by atoms with E-state index >= 15 is 0 Å². The fourth-order valence-electron chi connectivity index (χ4n) is 3.65. The van der Waals surface area contributed by atoms with Crippen LogP contribution in [-0.2, 0) is 14.3 Å². The quantitative estimate of drug-likeness (QED) is 0.213. The lowest BCUT2D eigenvalue weighted by Gasteiger charge is -2.23. The van der Waals surface area contributed by atoms with Gasteiger partial charge in [-0.25, -0.2) is 14.2 Å². The van der Waals surface area contributed by atoms with Gasteiger partial charge in [0.15, 0.2) is 5.13 Å². The summed E-state index contributed by atoms with van der Waals surface area (Å²) in [5, 5.41) is 11.2. The number of nitrogens with zero attached hydrogens (tertiary/aromatic N) is 2. The first-order valence-corrected chi connectivity index (χ1v) is 11.6. The highest BCUT2D eigenvalue weighted by Crippen LogP contribution is 2.44. The normalized spacial score (nSPS) is 17.3. The summed E-state index contributed by atoms with van der Waals surface area (Å²) in [6.07, 6.45) is 0. The fraction of sp³-hybridized carbons (Fsp3) is 0.167. The molecule has 1 aromatic heterocycles. The third kappa shape index (κ3) is 4.03. The summed E-state index contributed by atoms with van der Waals surface area (Å²) in [5.74, 6) is -3.55. The smallest absolute Gasteiger partial charge is 0.350 e. The van der Waals surface area contributed by atoms with Gasteiger partial charge in [-0.1, -0.05) is 51.5 Å². The topological polar surface area (TPSA) is 96.8 Å². The molecule has 0 aliphatic carbocycles. The van der Waals surface area contributed by atoms with Crippen LogP contribution in [0.5, 0.6) is 0 Å². The molecule has 0 radical (unpaired) electrons. The number of anilines is 1. The second-order valence-corrected chi connectivity index (χ2v) is 9.48. The first kappa shape index (κ1) is 23.8. The zero-order valence-electron chi connectivity index (χ0n) is 18.3. The number of methoxy groups -OCH3 is 1. The molecule has 3 aromatic rings. The third-order valence-corrected chi connectivity index (χ3v) is 7.10. The SMILES string of the molecule is COC(=O)c1sc(N2C(=O)C(=O)/C(=C(\O)c3ccc(C)c(F)c3)C2c2ccc(Br)cc2)nc1C. The van der Waals surface area contributed by atoms with Crippen molar-refractivity contribution in [2.24, 2.45) is 0 Å². The summed E-state index contributed by atoms with van der Waals surface area (Å²) in [7, 11) is 1.23. The summed E-state index contributed by atoms with van der Waals surface area (Å²) >= 11 is 4.26. The van der Waals surface area contributed by atoms with E-state index in [0.717, 1.165) is 26.8 Å². The van der Waals surface area contributed by atoms with Gasteiger partial charge in [-0.2, -0.15) is 0 Å². The van der Waals surface area contributed by atoms with Gasteiger partial charge in [0.1, 0.15) is 16.5 Å². The number of Topliss-reactive ketones (excluding diaryl/α,β-unsaturated/α-hetero) is 1. The van der Waals surface area contributed by atoms with Gasteiger partial charge in [0.25, 0.3) is 5.78 Å². The van der Waals surface area contributed by atoms with Gasteiger partial charge in [-0.05, 0) is 43.2 Å². The summed E-state index contributed by atoms with van der Waals surface area (Å²) in [4.78, 5) is 44.1. The second-order valence-electron chi connectivity index (χ2n) is 7.59. The van der Waals surface area contributed by atoms with Gasteiger partial charge in [0, 0.05) is 10.0 Å². The average Bonchev–Trinajstić information content (AvgIpc) is 3.32. The molecule has 174 valence electrons. The van der Waals surface area contributed by atoms with Crippen LogP contribution in [0.4, 0.5) is 9.52 Å². The van der Waals surface area contributed by atoms with Crippen LogP contribution in [0.25, 0.3) is 5.76 Å². The van der Waals surface area contributed by atoms with E-state index in [0.29, 0.717) is 16.8 Å². The molecule has 4 rings (SSSR count). The summed E-state index contributed by atoms with van der Waals surface area (Å²) < 4.78 is 19.8. The van der Waals surface area contributed by atoms with Gasteiger partial charge in [0.2, 0.25) is 0 Å². The molecule has 2 heterocycles. The Labute approximate surface area is 206 Å². The molecule has 2 aromatic carbocycles. The van der Waals surface area contributed by atoms with E-state index in [1.807, 2.05) is 0 Å². The number of ether oxygens (including phenoxy) is 1. The van der Waals surface area contributed by atoms with E-state index in [2.05, 4.69) is 20.9 Å². The number of benzene rings is 2. The van der Waals surface area contributed by atoms with Crippen LogP contribution in [0.15, 0.2) is 52.5 Å². The first-order valence-electron chi connectivity index (χ1n) is 10.0. The van der Waals surface area contributed by atoms with E-state index in [4.69, 9.17) is 4.74 Å². The Kier molecular flexibility index (Phi) is 6.37. The monoisotopic (exact) mass is 544 g/mol. The Bertz CT molecular complexity index is 1370. The van der Waals surface area contributed by atoms with E-state index in [9.17, 15) is 23.9 Å². The molecule has 1 atom stereocenters. The van der Waals surface area contributed by atoms with Crippen LogP contribution < -0.4 is 4.90 Å². The van der Waals surface area contributed by atoms with Gasteiger partial charge < -0.3 is 9.84 Å². The van der Waals surface area contributed by atoms with Crippen LogP contribution in [0.3, 0.4) is 0 Å². The maximum atomic E-state index is 14.2. The molecule has 1 aliphatic heterocycles. The molecule has 1 fully saturated rings. The Balaban J connectivity index is 1.94. The average molecular weight is 545 g/mol. The molecule has 0 spiro atoms. The summed E-state index contributed by atoms with van der Waals surface area (Å²) in [5.41, 5.74) is 1.08. The standard InChI is InChI=1S/C24H18BrFN2O5S/c1-11-4-5-14(10-16(11)26)19(29)17-18(13-6-8-15(25)9-7-13)28(22(31)20(17)30)24-27-12(2)21(34-24)23(32)33-3/h4-10,18,29H,1-3H3/b19-17-. The Hall–Kier alpha value is -3.37. The number of aliphatic hydroxyl groups is 1. The number of carbonyl (C=O) groups is 3. The number of rotatable bonds is 4. The number of aliphatic hydroxyl groups excluding tert-OH is 1. The van der Waals surface area contributed by atoms with Gasteiger partial charge in [0.05, 0.1) is 24.4 Å². The number of carbonyl (C=O) groups excluding carboxylic acids is 3. The summed E-state index contributed by atoms with van der Waals surface area (Å²) in [6.45, 7) is 3.16. The van der Waals surface area contributed by atoms with Crippen molar-refractivity contribution < 1.29 is 28.6 Å². The van der Waals surface area contributed by atoms with Crippen molar-refractivity contribution in [1.82, 2.24) is 4.98 Å². The Morgan fingerprint density at radius 2 is 1.85 bits per heavy atom. The van der Waals surface area contributed by atoms with Crippen molar-refractivity contribution in [3.8, 4) is 0 Å². The van der Waals surface area contributed by atoms with Crippen LogP contribution in [0.2, 0.25) is 0 Å². The maximum absolute atomic E-state index is 14.2. The number of aromatic nitrogens is 1. The molecule has 0 bridgehead atoms. The zero-order valence-corrected chi connectivity index (χ0v) is 20.7. The van der Waals surface area contributed by atoms with Crippen LogP contribution in [0, 0.1) is 19.7 Å². The molecule has 7 nitrogen and oxygen atoms in total. The number of thiazole rings is 1. The summed E-state index contributed by atoms with van der Waals surface area (Å²) in [6, 6.07) is 9.86. The van der Waals surface area contributed by atoms with Gasteiger partial charge in [-0.15, -0.1) is 0 Å². The zero-order chi connectivity index (χ0) is 24.7. The first-order chi connectivity index (χ1) is 16.1. The molecule has 1 N–H and O–H groups in total. The third-order valence-electron chi connectivity index (χ3n) is 5.44.